The van der Waals surface area contributed by atoms with Crippen LogP contribution >= 0.6 is 23.2 Å². The molecule has 2 aliphatic rings. The van der Waals surface area contributed by atoms with Gasteiger partial charge < -0.3 is 9.64 Å². The molecular weight excluding hydrogens is 369 g/mol. The molecule has 0 spiro atoms. The summed E-state index contributed by atoms with van der Waals surface area (Å²) in [4.78, 5) is 9.71. The number of pyridine rings is 1. The lowest BCUT2D eigenvalue weighted by molar-refractivity contribution is 0.136. The van der Waals surface area contributed by atoms with Crippen LogP contribution < -0.4 is 9.64 Å². The highest BCUT2D eigenvalue weighted by Crippen LogP contribution is 2.30. The maximum absolute atomic E-state index is 6.06. The third kappa shape index (κ3) is 4.08. The first-order valence-electron chi connectivity index (χ1n) is 9.28. The zero-order valence-electron chi connectivity index (χ0n) is 14.7. The molecule has 0 unspecified atom stereocenters. The summed E-state index contributed by atoms with van der Waals surface area (Å²) in [7, 11) is 0. The van der Waals surface area contributed by atoms with Crippen LogP contribution in [0.4, 0.5) is 5.82 Å². The van der Waals surface area contributed by atoms with Gasteiger partial charge in [-0.05, 0) is 37.5 Å². The Morgan fingerprint density at radius 2 is 1.81 bits per heavy atom. The Morgan fingerprint density at radius 3 is 2.58 bits per heavy atom. The van der Waals surface area contributed by atoms with Gasteiger partial charge in [0.1, 0.15) is 11.6 Å². The van der Waals surface area contributed by atoms with Gasteiger partial charge in [-0.3, -0.25) is 4.90 Å². The monoisotopic (exact) mass is 391 g/mol. The van der Waals surface area contributed by atoms with E-state index in [9.17, 15) is 0 Å². The SMILES string of the molecule is Clc1ccc(Oc2cccc(N3CCCN(C4CCC4)CC3)n2)cc1Cl. The van der Waals surface area contributed by atoms with Crippen molar-refractivity contribution in [2.45, 2.75) is 31.7 Å². The number of hydrogen-bond donors (Lipinski definition) is 0. The van der Waals surface area contributed by atoms with E-state index in [4.69, 9.17) is 32.9 Å². The molecule has 4 nitrogen and oxygen atoms in total. The minimum absolute atomic E-state index is 0.476. The third-order valence-corrected chi connectivity index (χ3v) is 6.01. The van der Waals surface area contributed by atoms with Crippen LogP contribution in [-0.4, -0.2) is 42.1 Å². The van der Waals surface area contributed by atoms with Gasteiger partial charge in [0.15, 0.2) is 0 Å². The van der Waals surface area contributed by atoms with Gasteiger partial charge >= 0.3 is 0 Å². The van der Waals surface area contributed by atoms with Crippen LogP contribution in [0.15, 0.2) is 36.4 Å². The molecule has 2 heterocycles. The Morgan fingerprint density at radius 1 is 0.923 bits per heavy atom. The predicted octanol–water partition coefficient (Wildman–Crippen LogP) is 5.25. The summed E-state index contributed by atoms with van der Waals surface area (Å²) < 4.78 is 5.87. The fraction of sp³-hybridized carbons (Fsp3) is 0.450. The molecule has 1 aliphatic heterocycles. The lowest BCUT2D eigenvalue weighted by Gasteiger charge is -2.36. The summed E-state index contributed by atoms with van der Waals surface area (Å²) >= 11 is 12.0. The minimum Gasteiger partial charge on any atom is -0.439 e. The van der Waals surface area contributed by atoms with Crippen LogP contribution in [0.2, 0.25) is 10.0 Å². The number of nitrogens with zero attached hydrogens (tertiary/aromatic N) is 3. The summed E-state index contributed by atoms with van der Waals surface area (Å²) in [5, 5.41) is 0.991. The van der Waals surface area contributed by atoms with Crippen LogP contribution in [-0.2, 0) is 0 Å². The fourth-order valence-corrected chi connectivity index (χ4v) is 3.87. The third-order valence-electron chi connectivity index (χ3n) is 5.27. The van der Waals surface area contributed by atoms with Gasteiger partial charge in [-0.2, -0.15) is 4.98 Å². The van der Waals surface area contributed by atoms with Crippen molar-refractivity contribution in [2.75, 3.05) is 31.1 Å². The van der Waals surface area contributed by atoms with E-state index >= 15 is 0 Å². The molecule has 138 valence electrons. The van der Waals surface area contributed by atoms with Crippen molar-refractivity contribution >= 4 is 29.0 Å². The van der Waals surface area contributed by atoms with Gasteiger partial charge in [0.25, 0.3) is 0 Å². The van der Waals surface area contributed by atoms with Crippen molar-refractivity contribution in [3.05, 3.63) is 46.4 Å². The van der Waals surface area contributed by atoms with Crippen LogP contribution in [0, 0.1) is 0 Å². The molecule has 1 aromatic carbocycles. The Hall–Kier alpha value is -1.49. The highest BCUT2D eigenvalue weighted by molar-refractivity contribution is 6.42. The molecule has 0 atom stereocenters. The molecule has 26 heavy (non-hydrogen) atoms. The maximum Gasteiger partial charge on any atom is 0.221 e. The second-order valence-corrected chi connectivity index (χ2v) is 7.79. The number of aromatic nitrogens is 1. The van der Waals surface area contributed by atoms with E-state index < -0.39 is 0 Å². The first-order valence-corrected chi connectivity index (χ1v) is 10.0. The quantitative estimate of drug-likeness (QED) is 0.711. The van der Waals surface area contributed by atoms with Crippen LogP contribution in [0.25, 0.3) is 0 Å². The zero-order valence-corrected chi connectivity index (χ0v) is 16.2. The maximum atomic E-state index is 6.06. The molecule has 1 saturated carbocycles. The smallest absolute Gasteiger partial charge is 0.221 e. The van der Waals surface area contributed by atoms with Crippen LogP contribution in [0.3, 0.4) is 0 Å². The number of rotatable bonds is 4. The topological polar surface area (TPSA) is 28.6 Å². The molecule has 1 aliphatic carbocycles. The van der Waals surface area contributed by atoms with E-state index in [-0.39, 0.29) is 0 Å². The Kier molecular flexibility index (Phi) is 5.53. The van der Waals surface area contributed by atoms with E-state index in [2.05, 4.69) is 15.9 Å². The van der Waals surface area contributed by atoms with E-state index in [1.807, 2.05) is 12.1 Å². The Bertz CT molecular complexity index is 766. The lowest BCUT2D eigenvalue weighted by atomic mass is 9.91. The Balaban J connectivity index is 1.44. The Labute approximate surface area is 164 Å². The summed E-state index contributed by atoms with van der Waals surface area (Å²) in [5.41, 5.74) is 0. The standard InChI is InChI=1S/C20H23Cl2N3O/c21-17-9-8-16(14-18(17)22)26-20-7-2-6-19(23-20)25-11-3-10-24(12-13-25)15-4-1-5-15/h2,6-9,14-15H,1,3-5,10-13H2. The lowest BCUT2D eigenvalue weighted by Crippen LogP contribution is -2.42. The van der Waals surface area contributed by atoms with E-state index in [1.165, 1.54) is 32.2 Å². The highest BCUT2D eigenvalue weighted by Gasteiger charge is 2.26. The van der Waals surface area contributed by atoms with Gasteiger partial charge in [-0.15, -0.1) is 0 Å². The molecule has 0 radical (unpaired) electrons. The number of hydrogen-bond acceptors (Lipinski definition) is 4. The minimum atomic E-state index is 0.476. The van der Waals surface area contributed by atoms with Gasteiger partial charge in [0.05, 0.1) is 10.0 Å². The van der Waals surface area contributed by atoms with E-state index in [0.29, 0.717) is 21.7 Å². The number of ether oxygens (including phenoxy) is 1. The molecule has 2 aromatic rings. The van der Waals surface area contributed by atoms with Crippen molar-refractivity contribution < 1.29 is 4.74 Å². The second-order valence-electron chi connectivity index (χ2n) is 6.97. The van der Waals surface area contributed by atoms with E-state index in [1.54, 1.807) is 18.2 Å². The number of benzene rings is 1. The average Bonchev–Trinajstić information content (AvgIpc) is 2.83. The van der Waals surface area contributed by atoms with Gasteiger partial charge in [-0.25, -0.2) is 0 Å². The first-order chi connectivity index (χ1) is 12.7. The molecule has 2 fully saturated rings. The summed E-state index contributed by atoms with van der Waals surface area (Å²) in [6.07, 6.45) is 5.30. The predicted molar refractivity (Wildman–Crippen MR) is 107 cm³/mol. The molecule has 4 rings (SSSR count). The zero-order chi connectivity index (χ0) is 17.9. The summed E-state index contributed by atoms with van der Waals surface area (Å²) in [6, 6.07) is 12.0. The molecule has 0 N–H and O–H groups in total. The van der Waals surface area contributed by atoms with E-state index in [0.717, 1.165) is 31.5 Å². The van der Waals surface area contributed by atoms with Crippen molar-refractivity contribution in [1.82, 2.24) is 9.88 Å². The van der Waals surface area contributed by atoms with Crippen molar-refractivity contribution in [3.8, 4) is 11.6 Å². The summed E-state index contributed by atoms with van der Waals surface area (Å²) in [5.74, 6) is 2.18. The molecule has 1 aromatic heterocycles. The molecule has 0 bridgehead atoms. The number of anilines is 1. The first kappa shape index (κ1) is 17.9. The molecule has 6 heteroatoms. The van der Waals surface area contributed by atoms with Gasteiger partial charge in [0, 0.05) is 44.4 Å². The number of halogens is 2. The molecule has 0 amide bonds. The van der Waals surface area contributed by atoms with Crippen molar-refractivity contribution in [1.29, 1.82) is 0 Å². The van der Waals surface area contributed by atoms with Crippen molar-refractivity contribution in [2.24, 2.45) is 0 Å². The van der Waals surface area contributed by atoms with Crippen LogP contribution in [0.5, 0.6) is 11.6 Å². The van der Waals surface area contributed by atoms with Gasteiger partial charge in [0.2, 0.25) is 5.88 Å². The second kappa shape index (κ2) is 8.03. The fourth-order valence-electron chi connectivity index (χ4n) is 3.58. The molecular formula is C20H23Cl2N3O. The largest absolute Gasteiger partial charge is 0.439 e. The van der Waals surface area contributed by atoms with Crippen molar-refractivity contribution in [3.63, 3.8) is 0 Å². The molecule has 1 saturated heterocycles. The average molecular weight is 392 g/mol. The normalized spacial score (nSPS) is 19.1. The van der Waals surface area contributed by atoms with Gasteiger partial charge in [-0.1, -0.05) is 35.7 Å². The van der Waals surface area contributed by atoms with Crippen LogP contribution in [0.1, 0.15) is 25.7 Å². The highest BCUT2D eigenvalue weighted by atomic mass is 35.5. The summed E-state index contributed by atoms with van der Waals surface area (Å²) in [6.45, 7) is 4.36.